The maximum absolute atomic E-state index is 12.0. The third kappa shape index (κ3) is 4.30. The number of esters is 1. The lowest BCUT2D eigenvalue weighted by Gasteiger charge is -2.15. The lowest BCUT2D eigenvalue weighted by atomic mass is 9.95. The van der Waals surface area contributed by atoms with Gasteiger partial charge in [0.15, 0.2) is 0 Å². The smallest absolute Gasteiger partial charge is 0.315 e. The first-order valence-corrected chi connectivity index (χ1v) is 7.86. The maximum atomic E-state index is 12.0. The van der Waals surface area contributed by atoms with Crippen molar-refractivity contribution < 1.29 is 19.7 Å². The summed E-state index contributed by atoms with van der Waals surface area (Å²) in [5, 5.41) is 20.8. The zero-order valence-corrected chi connectivity index (χ0v) is 14.3. The van der Waals surface area contributed by atoms with Gasteiger partial charge in [0.25, 0.3) is 0 Å². The first-order chi connectivity index (χ1) is 11.3. The summed E-state index contributed by atoms with van der Waals surface area (Å²) >= 11 is 5.80. The maximum Gasteiger partial charge on any atom is 0.315 e. The van der Waals surface area contributed by atoms with Crippen LogP contribution >= 0.6 is 11.6 Å². The van der Waals surface area contributed by atoms with Crippen LogP contribution in [0.2, 0.25) is 5.02 Å². The van der Waals surface area contributed by atoms with Gasteiger partial charge < -0.3 is 14.9 Å². The number of ether oxygens (including phenoxy) is 1. The summed E-state index contributed by atoms with van der Waals surface area (Å²) in [5.74, 6) is -0.734. The Balaban J connectivity index is 2.14. The summed E-state index contributed by atoms with van der Waals surface area (Å²) in [4.78, 5) is 12.0. The zero-order valence-electron chi connectivity index (χ0n) is 13.5. The van der Waals surface area contributed by atoms with Crippen molar-refractivity contribution in [1.29, 1.82) is 0 Å². The molecule has 5 heteroatoms. The van der Waals surface area contributed by atoms with Crippen molar-refractivity contribution in [2.45, 2.75) is 20.3 Å². The Bertz CT molecular complexity index is 740. The normalized spacial score (nSPS) is 10.7. The van der Waals surface area contributed by atoms with E-state index in [0.29, 0.717) is 10.6 Å². The highest BCUT2D eigenvalue weighted by Crippen LogP contribution is 2.39. The number of halogens is 1. The Morgan fingerprint density at radius 1 is 1.17 bits per heavy atom. The molecule has 0 unspecified atom stereocenters. The molecule has 0 aromatic heterocycles. The van der Waals surface area contributed by atoms with Gasteiger partial charge in [-0.1, -0.05) is 44.2 Å². The van der Waals surface area contributed by atoms with Crippen molar-refractivity contribution in [2.75, 3.05) is 0 Å². The van der Waals surface area contributed by atoms with E-state index in [9.17, 15) is 15.0 Å². The number of phenolic OH excluding ortho intramolecular Hbond substituents is 2. The molecule has 0 atom stereocenters. The third-order valence-electron chi connectivity index (χ3n) is 3.58. The number of benzene rings is 2. The molecule has 0 heterocycles. The van der Waals surface area contributed by atoms with Gasteiger partial charge in [-0.2, -0.15) is 0 Å². The number of hydrogen-bond acceptors (Lipinski definition) is 4. The van der Waals surface area contributed by atoms with Crippen LogP contribution in [-0.2, 0) is 11.2 Å². The summed E-state index contributed by atoms with van der Waals surface area (Å²) in [6.07, 6.45) is 0.0547. The second-order valence-corrected chi connectivity index (χ2v) is 6.23. The fourth-order valence-corrected chi connectivity index (χ4v) is 2.33. The standard InChI is InChI=1S/C19H19ClO4/c1-11(2)12(3)19-16(21)9-15(10-17(19)22)24-18(23)8-13-4-6-14(20)7-5-13/h4-7,9-11,21-22H,3,8H2,1-2H3. The lowest BCUT2D eigenvalue weighted by Crippen LogP contribution is -2.11. The van der Waals surface area contributed by atoms with E-state index in [1.165, 1.54) is 12.1 Å². The van der Waals surface area contributed by atoms with Crippen LogP contribution in [0.3, 0.4) is 0 Å². The molecule has 0 radical (unpaired) electrons. The summed E-state index contributed by atoms with van der Waals surface area (Å²) in [5.41, 5.74) is 1.62. The van der Waals surface area contributed by atoms with Gasteiger partial charge in [0, 0.05) is 17.2 Å². The molecule has 0 spiro atoms. The van der Waals surface area contributed by atoms with E-state index in [1.54, 1.807) is 24.3 Å². The van der Waals surface area contributed by atoms with E-state index >= 15 is 0 Å². The van der Waals surface area contributed by atoms with Gasteiger partial charge in [0.1, 0.15) is 17.2 Å². The summed E-state index contributed by atoms with van der Waals surface area (Å²) in [7, 11) is 0. The number of rotatable bonds is 5. The average molecular weight is 347 g/mol. The van der Waals surface area contributed by atoms with Crippen LogP contribution in [0.4, 0.5) is 0 Å². The summed E-state index contributed by atoms with van der Waals surface area (Å²) < 4.78 is 5.18. The Labute approximate surface area is 146 Å². The van der Waals surface area contributed by atoms with Crippen LogP contribution < -0.4 is 4.74 Å². The minimum atomic E-state index is -0.508. The van der Waals surface area contributed by atoms with Gasteiger partial charge in [0.2, 0.25) is 0 Å². The van der Waals surface area contributed by atoms with E-state index in [-0.39, 0.29) is 35.2 Å². The number of carbonyl (C=O) groups is 1. The largest absolute Gasteiger partial charge is 0.507 e. The van der Waals surface area contributed by atoms with Crippen molar-refractivity contribution in [2.24, 2.45) is 5.92 Å². The minimum absolute atomic E-state index is 0.0547. The van der Waals surface area contributed by atoms with Crippen molar-refractivity contribution in [3.8, 4) is 17.2 Å². The van der Waals surface area contributed by atoms with Crippen LogP contribution in [0, 0.1) is 5.92 Å². The molecule has 0 aliphatic rings. The van der Waals surface area contributed by atoms with Crippen LogP contribution in [-0.4, -0.2) is 16.2 Å². The molecular formula is C19H19ClO4. The molecule has 0 bridgehead atoms. The first kappa shape index (κ1) is 17.9. The predicted octanol–water partition coefficient (Wildman–Crippen LogP) is 4.57. The topological polar surface area (TPSA) is 66.8 Å². The Morgan fingerprint density at radius 3 is 2.21 bits per heavy atom. The molecule has 2 rings (SSSR count). The molecule has 0 aliphatic carbocycles. The molecule has 0 fully saturated rings. The molecule has 4 nitrogen and oxygen atoms in total. The van der Waals surface area contributed by atoms with Crippen molar-refractivity contribution in [1.82, 2.24) is 0 Å². The second-order valence-electron chi connectivity index (χ2n) is 5.79. The number of phenols is 2. The first-order valence-electron chi connectivity index (χ1n) is 7.48. The number of aromatic hydroxyl groups is 2. The van der Waals surface area contributed by atoms with E-state index in [4.69, 9.17) is 16.3 Å². The Morgan fingerprint density at radius 2 is 1.71 bits per heavy atom. The van der Waals surface area contributed by atoms with Gasteiger partial charge >= 0.3 is 5.97 Å². The highest BCUT2D eigenvalue weighted by atomic mass is 35.5. The van der Waals surface area contributed by atoms with Crippen LogP contribution in [0.1, 0.15) is 25.0 Å². The van der Waals surface area contributed by atoms with Crippen LogP contribution in [0.15, 0.2) is 43.0 Å². The zero-order chi connectivity index (χ0) is 17.9. The van der Waals surface area contributed by atoms with Crippen molar-refractivity contribution in [3.63, 3.8) is 0 Å². The van der Waals surface area contributed by atoms with Crippen molar-refractivity contribution >= 4 is 23.1 Å². The van der Waals surface area contributed by atoms with Gasteiger partial charge in [-0.15, -0.1) is 0 Å². The highest BCUT2D eigenvalue weighted by Gasteiger charge is 2.17. The molecule has 24 heavy (non-hydrogen) atoms. The van der Waals surface area contributed by atoms with Crippen LogP contribution in [0.5, 0.6) is 17.2 Å². The molecule has 2 N–H and O–H groups in total. The molecule has 2 aromatic carbocycles. The lowest BCUT2D eigenvalue weighted by molar-refractivity contribution is -0.133. The average Bonchev–Trinajstić information content (AvgIpc) is 2.48. The van der Waals surface area contributed by atoms with Crippen molar-refractivity contribution in [3.05, 3.63) is 59.1 Å². The number of allylic oxidation sites excluding steroid dienone is 1. The predicted molar refractivity (Wildman–Crippen MR) is 94.4 cm³/mol. The van der Waals surface area contributed by atoms with Gasteiger partial charge in [0.05, 0.1) is 12.0 Å². The third-order valence-corrected chi connectivity index (χ3v) is 3.83. The molecule has 0 aliphatic heterocycles. The SMILES string of the molecule is C=C(c1c(O)cc(OC(=O)Cc2ccc(Cl)cc2)cc1O)C(C)C. The molecule has 0 saturated carbocycles. The van der Waals surface area contributed by atoms with Crippen LogP contribution in [0.25, 0.3) is 5.57 Å². The number of carbonyl (C=O) groups excluding carboxylic acids is 1. The quantitative estimate of drug-likeness (QED) is 0.614. The second kappa shape index (κ2) is 7.41. The van der Waals surface area contributed by atoms with E-state index in [1.807, 2.05) is 13.8 Å². The molecular weight excluding hydrogens is 328 g/mol. The monoisotopic (exact) mass is 346 g/mol. The summed E-state index contributed by atoms with van der Waals surface area (Å²) in [6, 6.07) is 9.43. The number of hydrogen-bond donors (Lipinski definition) is 2. The minimum Gasteiger partial charge on any atom is -0.507 e. The fraction of sp³-hybridized carbons (Fsp3) is 0.211. The molecule has 0 saturated heterocycles. The summed E-state index contributed by atoms with van der Waals surface area (Å²) in [6.45, 7) is 7.67. The van der Waals surface area contributed by atoms with Gasteiger partial charge in [-0.05, 0) is 29.2 Å². The Hall–Kier alpha value is -2.46. The highest BCUT2D eigenvalue weighted by molar-refractivity contribution is 6.30. The molecule has 0 amide bonds. The van der Waals surface area contributed by atoms with Gasteiger partial charge in [-0.25, -0.2) is 0 Å². The van der Waals surface area contributed by atoms with E-state index in [0.717, 1.165) is 5.56 Å². The molecule has 126 valence electrons. The van der Waals surface area contributed by atoms with Gasteiger partial charge in [-0.3, -0.25) is 4.79 Å². The fourth-order valence-electron chi connectivity index (χ4n) is 2.20. The Kier molecular flexibility index (Phi) is 5.52. The van der Waals surface area contributed by atoms with E-state index < -0.39 is 5.97 Å². The van der Waals surface area contributed by atoms with E-state index in [2.05, 4.69) is 6.58 Å². The molecule has 2 aromatic rings.